The maximum absolute atomic E-state index is 12.1. The molecule has 0 unspecified atom stereocenters. The van der Waals surface area contributed by atoms with Crippen LogP contribution in [-0.4, -0.2) is 37.2 Å². The molecule has 1 aliphatic heterocycles. The molecule has 0 aromatic carbocycles. The van der Waals surface area contributed by atoms with Crippen LogP contribution in [0.25, 0.3) is 0 Å². The molecule has 0 aliphatic carbocycles. The smallest absolute Gasteiger partial charge is 0.317 e. The summed E-state index contributed by atoms with van der Waals surface area (Å²) < 4.78 is 6.06. The molecule has 2 rings (SSSR count). The number of amides is 2. The van der Waals surface area contributed by atoms with E-state index < -0.39 is 0 Å². The number of thiophene rings is 1. The summed E-state index contributed by atoms with van der Waals surface area (Å²) in [4.78, 5) is 15.0. The van der Waals surface area contributed by atoms with Crippen molar-refractivity contribution in [2.75, 3.05) is 26.3 Å². The number of urea groups is 1. The van der Waals surface area contributed by atoms with Crippen molar-refractivity contribution in [2.24, 2.45) is 5.92 Å². The molecular weight excluding hydrogens is 284 g/mol. The molecule has 106 valence electrons. The van der Waals surface area contributed by atoms with E-state index in [0.717, 1.165) is 28.8 Å². The van der Waals surface area contributed by atoms with Crippen LogP contribution >= 0.6 is 22.9 Å². The van der Waals surface area contributed by atoms with E-state index in [0.29, 0.717) is 25.6 Å². The molecule has 1 saturated heterocycles. The molecule has 0 radical (unpaired) electrons. The first-order chi connectivity index (χ1) is 9.19. The van der Waals surface area contributed by atoms with Crippen LogP contribution in [0, 0.1) is 5.92 Å². The van der Waals surface area contributed by atoms with Crippen LogP contribution in [-0.2, 0) is 11.3 Å². The fourth-order valence-corrected chi connectivity index (χ4v) is 3.14. The van der Waals surface area contributed by atoms with Crippen molar-refractivity contribution in [3.63, 3.8) is 0 Å². The van der Waals surface area contributed by atoms with Gasteiger partial charge >= 0.3 is 6.03 Å². The predicted molar refractivity (Wildman–Crippen MR) is 77.7 cm³/mol. The van der Waals surface area contributed by atoms with E-state index in [1.165, 1.54) is 11.3 Å². The molecule has 1 aromatic heterocycles. The fraction of sp³-hybridized carbons (Fsp3) is 0.615. The van der Waals surface area contributed by atoms with Crippen LogP contribution in [0.4, 0.5) is 4.79 Å². The summed E-state index contributed by atoms with van der Waals surface area (Å²) in [5.74, 6) is 0.457. The highest BCUT2D eigenvalue weighted by molar-refractivity contribution is 7.16. The molecule has 1 fully saturated rings. The highest BCUT2D eigenvalue weighted by atomic mass is 35.5. The van der Waals surface area contributed by atoms with Crippen molar-refractivity contribution >= 4 is 29.0 Å². The molecule has 0 spiro atoms. The van der Waals surface area contributed by atoms with E-state index in [4.69, 9.17) is 16.3 Å². The van der Waals surface area contributed by atoms with Gasteiger partial charge in [-0.2, -0.15) is 0 Å². The molecule has 2 amide bonds. The zero-order valence-electron chi connectivity index (χ0n) is 11.0. The second-order valence-electron chi connectivity index (χ2n) is 4.64. The largest absolute Gasteiger partial charge is 0.381 e. The number of nitrogens with zero attached hydrogens (tertiary/aromatic N) is 1. The minimum absolute atomic E-state index is 0.0149. The summed E-state index contributed by atoms with van der Waals surface area (Å²) in [6.45, 7) is 5.54. The molecule has 19 heavy (non-hydrogen) atoms. The first-order valence-corrected chi connectivity index (χ1v) is 7.73. The molecule has 0 bridgehead atoms. The van der Waals surface area contributed by atoms with Gasteiger partial charge in [0.05, 0.1) is 17.5 Å². The van der Waals surface area contributed by atoms with Gasteiger partial charge in [0.2, 0.25) is 0 Å². The average molecular weight is 303 g/mol. The van der Waals surface area contributed by atoms with Gasteiger partial charge in [0.1, 0.15) is 0 Å². The molecule has 1 aliphatic rings. The summed E-state index contributed by atoms with van der Waals surface area (Å²) in [5, 5.41) is 2.98. The van der Waals surface area contributed by atoms with Crippen molar-refractivity contribution in [1.29, 1.82) is 0 Å². The third kappa shape index (κ3) is 4.37. The standard InChI is InChI=1S/C13H19ClN2O2S/c1-2-16(8-11-3-4-12(14)19-11)13(17)15-7-10-5-6-18-9-10/h3-4,10H,2,5-9H2,1H3,(H,15,17)/t10-/m1/s1. The van der Waals surface area contributed by atoms with Crippen molar-refractivity contribution < 1.29 is 9.53 Å². The monoisotopic (exact) mass is 302 g/mol. The zero-order valence-corrected chi connectivity index (χ0v) is 12.6. The number of rotatable bonds is 5. The van der Waals surface area contributed by atoms with Crippen LogP contribution in [0.15, 0.2) is 12.1 Å². The number of nitrogens with one attached hydrogen (secondary N) is 1. The highest BCUT2D eigenvalue weighted by Gasteiger charge is 2.18. The SMILES string of the molecule is CCN(Cc1ccc(Cl)s1)C(=O)NC[C@H]1CCOC1. The van der Waals surface area contributed by atoms with E-state index in [9.17, 15) is 4.79 Å². The lowest BCUT2D eigenvalue weighted by molar-refractivity contribution is 0.180. The second kappa shape index (κ2) is 7.12. The Morgan fingerprint density at radius 1 is 1.63 bits per heavy atom. The van der Waals surface area contributed by atoms with Crippen molar-refractivity contribution in [3.8, 4) is 0 Å². The predicted octanol–water partition coefficient (Wildman–Crippen LogP) is 2.97. The first kappa shape index (κ1) is 14.6. The molecular formula is C13H19ClN2O2S. The van der Waals surface area contributed by atoms with Gasteiger partial charge < -0.3 is 15.0 Å². The zero-order chi connectivity index (χ0) is 13.7. The minimum atomic E-state index is -0.0149. The highest BCUT2D eigenvalue weighted by Crippen LogP contribution is 2.22. The third-order valence-electron chi connectivity index (χ3n) is 3.21. The van der Waals surface area contributed by atoms with E-state index in [2.05, 4.69) is 5.32 Å². The Morgan fingerprint density at radius 2 is 2.47 bits per heavy atom. The minimum Gasteiger partial charge on any atom is -0.381 e. The van der Waals surface area contributed by atoms with Crippen molar-refractivity contribution in [2.45, 2.75) is 19.9 Å². The number of halogens is 1. The van der Waals surface area contributed by atoms with E-state index in [1.54, 1.807) is 4.90 Å². The van der Waals surface area contributed by atoms with Crippen molar-refractivity contribution in [1.82, 2.24) is 10.2 Å². The van der Waals surface area contributed by atoms with Gasteiger partial charge in [0.15, 0.2) is 0 Å². The molecule has 6 heteroatoms. The molecule has 1 atom stereocenters. The normalized spacial score (nSPS) is 18.5. The van der Waals surface area contributed by atoms with Gasteiger partial charge in [-0.15, -0.1) is 11.3 Å². The molecule has 1 aromatic rings. The maximum Gasteiger partial charge on any atom is 0.317 e. The van der Waals surface area contributed by atoms with Crippen LogP contribution in [0.3, 0.4) is 0 Å². The summed E-state index contributed by atoms with van der Waals surface area (Å²) in [5.41, 5.74) is 0. The van der Waals surface area contributed by atoms with Gasteiger partial charge in [-0.3, -0.25) is 0 Å². The number of carbonyl (C=O) groups is 1. The topological polar surface area (TPSA) is 41.6 Å². The average Bonchev–Trinajstić information content (AvgIpc) is 3.04. The summed E-state index contributed by atoms with van der Waals surface area (Å²) in [6, 6.07) is 3.82. The lowest BCUT2D eigenvalue weighted by Gasteiger charge is -2.21. The van der Waals surface area contributed by atoms with Gasteiger partial charge in [-0.1, -0.05) is 11.6 Å². The van der Waals surface area contributed by atoms with Crippen LogP contribution in [0.5, 0.6) is 0 Å². The third-order valence-corrected chi connectivity index (χ3v) is 4.43. The molecule has 2 heterocycles. The molecule has 4 nitrogen and oxygen atoms in total. The quantitative estimate of drug-likeness (QED) is 0.908. The fourth-order valence-electron chi connectivity index (χ4n) is 2.04. The number of hydrogen-bond acceptors (Lipinski definition) is 3. The maximum atomic E-state index is 12.1. The number of hydrogen-bond donors (Lipinski definition) is 1. The lowest BCUT2D eigenvalue weighted by atomic mass is 10.1. The lowest BCUT2D eigenvalue weighted by Crippen LogP contribution is -2.41. The molecule has 0 saturated carbocycles. The van der Waals surface area contributed by atoms with Gasteiger partial charge in [0.25, 0.3) is 0 Å². The summed E-state index contributed by atoms with van der Waals surface area (Å²) in [7, 11) is 0. The van der Waals surface area contributed by atoms with Gasteiger partial charge in [-0.25, -0.2) is 4.79 Å². The van der Waals surface area contributed by atoms with Crippen LogP contribution in [0.1, 0.15) is 18.2 Å². The molecule has 1 N–H and O–H groups in total. The van der Waals surface area contributed by atoms with Gasteiger partial charge in [-0.05, 0) is 25.5 Å². The number of ether oxygens (including phenoxy) is 1. The van der Waals surface area contributed by atoms with Crippen LogP contribution in [0.2, 0.25) is 4.34 Å². The van der Waals surface area contributed by atoms with E-state index in [-0.39, 0.29) is 6.03 Å². The van der Waals surface area contributed by atoms with E-state index >= 15 is 0 Å². The Hall–Kier alpha value is -0.780. The van der Waals surface area contributed by atoms with Gasteiger partial charge in [0, 0.05) is 30.5 Å². The Labute approximate surface area is 122 Å². The Balaban J connectivity index is 1.80. The summed E-state index contributed by atoms with van der Waals surface area (Å²) in [6.07, 6.45) is 1.03. The first-order valence-electron chi connectivity index (χ1n) is 6.53. The van der Waals surface area contributed by atoms with Crippen LogP contribution < -0.4 is 5.32 Å². The Morgan fingerprint density at radius 3 is 3.05 bits per heavy atom. The summed E-state index contributed by atoms with van der Waals surface area (Å²) >= 11 is 7.42. The second-order valence-corrected chi connectivity index (χ2v) is 6.44. The Bertz CT molecular complexity index is 419. The van der Waals surface area contributed by atoms with E-state index in [1.807, 2.05) is 19.1 Å². The number of carbonyl (C=O) groups excluding carboxylic acids is 1. The van der Waals surface area contributed by atoms with Crippen molar-refractivity contribution in [3.05, 3.63) is 21.3 Å². The Kier molecular flexibility index (Phi) is 5.48.